The Morgan fingerprint density at radius 1 is 0.833 bits per heavy atom. The van der Waals surface area contributed by atoms with Gasteiger partial charge in [0.25, 0.3) is 0 Å². The Morgan fingerprint density at radius 3 is 2.10 bits per heavy atom. The molecular weight excluding hydrogens is 834 g/mol. The first-order valence-corrected chi connectivity index (χ1v) is 26.3. The van der Waals surface area contributed by atoms with Crippen LogP contribution in [0.2, 0.25) is 5.02 Å². The van der Waals surface area contributed by atoms with E-state index in [4.69, 9.17) is 25.7 Å². The van der Waals surface area contributed by atoms with Crippen molar-refractivity contribution in [3.05, 3.63) is 184 Å². The van der Waals surface area contributed by atoms with Gasteiger partial charge in [-0.1, -0.05) is 159 Å². The molecule has 0 spiro atoms. The molecule has 1 aliphatic heterocycles. The van der Waals surface area contributed by atoms with Crippen LogP contribution in [0.4, 0.5) is 0 Å². The molecule has 6 aromatic rings. The van der Waals surface area contributed by atoms with Gasteiger partial charge in [0, 0.05) is 36.1 Å². The minimum atomic E-state index is -2.37. The van der Waals surface area contributed by atoms with Crippen molar-refractivity contribution in [1.29, 1.82) is 0 Å². The average Bonchev–Trinajstić information content (AvgIpc) is 3.86. The third kappa shape index (κ3) is 8.70. The largest absolute Gasteiger partial charge is 0.456 e. The van der Waals surface area contributed by atoms with Crippen molar-refractivity contribution in [1.82, 2.24) is 10.3 Å². The second-order valence-electron chi connectivity index (χ2n) is 16.2. The standard InChI is InChI=1S/C51H52ClN2O2P2S2/c1-50(2,3)51(4)54-47(49(56-51)59-5)58(42-26-14-8-15-27-42,43-28-16-9-17-29-43)44-30-18-20-37(36-44)21-19-35-60-48-46(53-45(55-48)38-31-33-39(52)34-32-38)57(40-22-10-6-11-23-40)41-24-12-7-13-25-41/h6-16,18,20,22-28,30-34,36,54H,17,19,21,29,35H2,1-5H3/q+1. The number of aryl methyl sites for hydroxylation is 1. The predicted octanol–water partition coefficient (Wildman–Crippen LogP) is 12.6. The molecule has 1 aliphatic carbocycles. The van der Waals surface area contributed by atoms with Gasteiger partial charge in [-0.25, -0.2) is 4.98 Å². The number of oxazole rings is 1. The van der Waals surface area contributed by atoms with Gasteiger partial charge in [0.1, 0.15) is 16.0 Å². The van der Waals surface area contributed by atoms with E-state index in [0.29, 0.717) is 10.9 Å². The minimum Gasteiger partial charge on any atom is -0.456 e. The molecule has 4 nitrogen and oxygen atoms in total. The number of nitrogens with one attached hydrogen (secondary N) is 1. The molecule has 0 saturated heterocycles. The van der Waals surface area contributed by atoms with E-state index in [1.54, 1.807) is 23.5 Å². The molecule has 0 radical (unpaired) electrons. The highest BCUT2D eigenvalue weighted by Crippen LogP contribution is 2.73. The van der Waals surface area contributed by atoms with Crippen LogP contribution < -0.4 is 32.0 Å². The van der Waals surface area contributed by atoms with E-state index in [9.17, 15) is 0 Å². The average molecular weight is 887 g/mol. The van der Waals surface area contributed by atoms with E-state index in [-0.39, 0.29) is 5.41 Å². The zero-order valence-electron chi connectivity index (χ0n) is 34.9. The number of aromatic nitrogens is 1. The Bertz CT molecular complexity index is 2460. The number of thioether (sulfide) groups is 2. The van der Waals surface area contributed by atoms with E-state index in [2.05, 4.69) is 173 Å². The lowest BCUT2D eigenvalue weighted by Gasteiger charge is -2.39. The molecule has 0 fully saturated rings. The summed E-state index contributed by atoms with van der Waals surface area (Å²) in [7, 11) is -3.33. The van der Waals surface area contributed by atoms with Gasteiger partial charge in [0.15, 0.2) is 18.1 Å². The fraction of sp³-hybridized carbons (Fsp3) is 0.235. The Hall–Kier alpha value is -4.02. The van der Waals surface area contributed by atoms with Gasteiger partial charge in [-0.3, -0.25) is 0 Å². The van der Waals surface area contributed by atoms with Crippen molar-refractivity contribution in [3.8, 4) is 11.5 Å². The van der Waals surface area contributed by atoms with E-state index >= 15 is 0 Å². The fourth-order valence-electron chi connectivity index (χ4n) is 7.80. The molecule has 306 valence electrons. The van der Waals surface area contributed by atoms with Gasteiger partial charge in [0.05, 0.1) is 5.31 Å². The van der Waals surface area contributed by atoms with Crippen LogP contribution in [0.3, 0.4) is 0 Å². The molecule has 0 bridgehead atoms. The van der Waals surface area contributed by atoms with Gasteiger partial charge in [-0.05, 0) is 103 Å². The number of allylic oxidation sites excluding steroid dienone is 4. The minimum absolute atomic E-state index is 0.148. The molecule has 2 atom stereocenters. The van der Waals surface area contributed by atoms with E-state index in [1.807, 2.05) is 24.3 Å². The first-order valence-electron chi connectivity index (χ1n) is 20.6. The smallest absolute Gasteiger partial charge is 0.228 e. The predicted molar refractivity (Wildman–Crippen MR) is 263 cm³/mol. The number of hydrogen-bond acceptors (Lipinski definition) is 6. The second kappa shape index (κ2) is 18.5. The highest BCUT2D eigenvalue weighted by molar-refractivity contribution is 8.03. The maximum absolute atomic E-state index is 6.98. The lowest BCUT2D eigenvalue weighted by atomic mass is 9.84. The zero-order valence-corrected chi connectivity index (χ0v) is 39.1. The summed E-state index contributed by atoms with van der Waals surface area (Å²) in [6.45, 7) is 8.99. The normalized spacial score (nSPS) is 17.6. The van der Waals surface area contributed by atoms with Crippen molar-refractivity contribution in [2.24, 2.45) is 5.41 Å². The van der Waals surface area contributed by atoms with Crippen molar-refractivity contribution >= 4 is 77.0 Å². The molecule has 1 N–H and O–H groups in total. The highest BCUT2D eigenvalue weighted by Gasteiger charge is 2.60. The fourth-order valence-corrected chi connectivity index (χ4v) is 17.0. The summed E-state index contributed by atoms with van der Waals surface area (Å²) in [6, 6.07) is 49.8. The molecule has 8 rings (SSSR count). The van der Waals surface area contributed by atoms with Crippen molar-refractivity contribution in [2.45, 2.75) is 64.2 Å². The van der Waals surface area contributed by atoms with Gasteiger partial charge < -0.3 is 14.5 Å². The van der Waals surface area contributed by atoms with Crippen LogP contribution in [-0.2, 0) is 11.2 Å². The molecule has 60 heavy (non-hydrogen) atoms. The molecule has 9 heteroatoms. The second-order valence-corrected chi connectivity index (χ2v) is 24.1. The van der Waals surface area contributed by atoms with Gasteiger partial charge in [-0.2, -0.15) is 0 Å². The Morgan fingerprint density at radius 2 is 1.48 bits per heavy atom. The van der Waals surface area contributed by atoms with Crippen LogP contribution in [0, 0.1) is 5.41 Å². The number of rotatable bonds is 14. The van der Waals surface area contributed by atoms with Crippen LogP contribution in [0.1, 0.15) is 52.5 Å². The summed E-state index contributed by atoms with van der Waals surface area (Å²) < 4.78 is 13.7. The zero-order chi connectivity index (χ0) is 41.7. The maximum atomic E-state index is 6.98. The first-order chi connectivity index (χ1) is 29.1. The quantitative estimate of drug-likeness (QED) is 0.0668. The van der Waals surface area contributed by atoms with E-state index in [0.717, 1.165) is 52.6 Å². The molecule has 2 heterocycles. The van der Waals surface area contributed by atoms with Crippen molar-refractivity contribution in [3.63, 3.8) is 0 Å². The molecule has 2 aliphatic rings. The van der Waals surface area contributed by atoms with Crippen LogP contribution in [0.25, 0.3) is 11.5 Å². The summed E-state index contributed by atoms with van der Waals surface area (Å²) >= 11 is 9.78. The molecule has 1 aromatic heterocycles. The summed E-state index contributed by atoms with van der Waals surface area (Å²) in [5.41, 5.74) is 3.77. The summed E-state index contributed by atoms with van der Waals surface area (Å²) in [4.78, 5) is 5.26. The van der Waals surface area contributed by atoms with Gasteiger partial charge in [0.2, 0.25) is 16.4 Å². The Labute approximate surface area is 371 Å². The van der Waals surface area contributed by atoms with E-state index < -0.39 is 20.9 Å². The first kappa shape index (κ1) is 42.7. The van der Waals surface area contributed by atoms with Crippen LogP contribution in [0.15, 0.2) is 183 Å². The molecular formula is C51H52ClN2O2P2S2+. The number of ether oxygens (including phenoxy) is 1. The lowest BCUT2D eigenvalue weighted by Crippen LogP contribution is -2.51. The summed E-state index contributed by atoms with van der Waals surface area (Å²) in [5, 5.41) is 13.3. The molecule has 0 amide bonds. The van der Waals surface area contributed by atoms with Crippen LogP contribution >= 0.6 is 50.3 Å². The van der Waals surface area contributed by atoms with Crippen LogP contribution in [-0.4, -0.2) is 22.7 Å². The van der Waals surface area contributed by atoms with Gasteiger partial charge in [-0.15, -0.1) is 0 Å². The van der Waals surface area contributed by atoms with Crippen LogP contribution in [0.5, 0.6) is 0 Å². The topological polar surface area (TPSA) is 47.3 Å². The number of nitrogens with zero attached hydrogens (tertiary/aromatic N) is 1. The lowest BCUT2D eigenvalue weighted by molar-refractivity contribution is -0.0560. The summed E-state index contributed by atoms with van der Waals surface area (Å²) in [5.74, 6) is 1.50. The number of benzene rings is 5. The summed E-state index contributed by atoms with van der Waals surface area (Å²) in [6.07, 6.45) is 13.0. The van der Waals surface area contributed by atoms with Gasteiger partial charge >= 0.3 is 0 Å². The van der Waals surface area contributed by atoms with Crippen molar-refractivity contribution in [2.75, 3.05) is 12.0 Å². The molecule has 2 unspecified atom stereocenters. The Balaban J connectivity index is 1.13. The van der Waals surface area contributed by atoms with E-state index in [1.165, 1.54) is 37.5 Å². The SMILES string of the molecule is CSC1=C([P+](C2=CC=CCC2)(c2ccccc2)c2cccc(CCCSc3oc(-c4ccc(Cl)cc4)nc3P(c3ccccc3)c3ccccc3)c2)NC(C)(C(C)(C)C)O1. The highest BCUT2D eigenvalue weighted by atomic mass is 35.5. The molecule has 0 saturated carbocycles. The molecule has 5 aromatic carbocycles. The third-order valence-corrected chi connectivity index (χ3v) is 20.4. The van der Waals surface area contributed by atoms with Crippen molar-refractivity contribution < 1.29 is 9.15 Å². The third-order valence-electron chi connectivity index (χ3n) is 11.4. The maximum Gasteiger partial charge on any atom is 0.228 e. The number of hydrogen-bond donors (Lipinski definition) is 1. The Kier molecular flexibility index (Phi) is 13.2. The monoisotopic (exact) mass is 885 g/mol. The number of halogens is 1.